The van der Waals surface area contributed by atoms with Crippen LogP contribution >= 0.6 is 0 Å². The molecule has 0 saturated heterocycles. The summed E-state index contributed by atoms with van der Waals surface area (Å²) >= 11 is 0. The minimum atomic E-state index is -0.132. The van der Waals surface area contributed by atoms with Gasteiger partial charge < -0.3 is 10.4 Å². The molecule has 2 nitrogen and oxygen atoms in total. The van der Waals surface area contributed by atoms with Gasteiger partial charge in [0.25, 0.3) is 0 Å². The third-order valence-corrected chi connectivity index (χ3v) is 3.87. The van der Waals surface area contributed by atoms with Crippen molar-refractivity contribution in [3.05, 3.63) is 35.4 Å². The molecule has 2 unspecified atom stereocenters. The smallest absolute Gasteiger partial charge is 0.0692 e. The molecule has 0 spiro atoms. The lowest BCUT2D eigenvalue weighted by atomic mass is 10.1. The maximum Gasteiger partial charge on any atom is 0.0692 e. The largest absolute Gasteiger partial charge is 0.392 e. The summed E-state index contributed by atoms with van der Waals surface area (Å²) < 4.78 is 0. The number of aliphatic hydroxyl groups is 1. The Morgan fingerprint density at radius 3 is 2.88 bits per heavy atom. The fraction of sp³-hybridized carbons (Fsp3) is 0.571. The minimum Gasteiger partial charge on any atom is -0.392 e. The van der Waals surface area contributed by atoms with Crippen LogP contribution in [0.1, 0.15) is 36.4 Å². The molecule has 1 fully saturated rings. The molecule has 2 N–H and O–H groups in total. The Balaban J connectivity index is 1.60. The lowest BCUT2D eigenvalue weighted by molar-refractivity contribution is 0.144. The van der Waals surface area contributed by atoms with Crippen LogP contribution in [0.25, 0.3) is 0 Å². The van der Waals surface area contributed by atoms with Gasteiger partial charge in [-0.15, -0.1) is 0 Å². The third-order valence-electron chi connectivity index (χ3n) is 3.87. The summed E-state index contributed by atoms with van der Waals surface area (Å²) in [6.07, 6.45) is 4.64. The van der Waals surface area contributed by atoms with E-state index in [-0.39, 0.29) is 6.10 Å². The first-order valence-corrected chi connectivity index (χ1v) is 6.34. The van der Waals surface area contributed by atoms with Gasteiger partial charge in [-0.05, 0) is 42.7 Å². The molecule has 1 saturated carbocycles. The summed E-state index contributed by atoms with van der Waals surface area (Å²) in [7, 11) is 0. The van der Waals surface area contributed by atoms with Gasteiger partial charge in [0.15, 0.2) is 0 Å². The van der Waals surface area contributed by atoms with Gasteiger partial charge in [-0.3, -0.25) is 0 Å². The first-order chi connectivity index (χ1) is 7.84. The van der Waals surface area contributed by atoms with Crippen LogP contribution in [0.2, 0.25) is 0 Å². The molecule has 0 heterocycles. The fourth-order valence-corrected chi connectivity index (χ4v) is 2.68. The van der Waals surface area contributed by atoms with E-state index in [0.29, 0.717) is 12.0 Å². The van der Waals surface area contributed by atoms with Crippen LogP contribution < -0.4 is 5.32 Å². The summed E-state index contributed by atoms with van der Waals surface area (Å²) in [6, 6.07) is 9.11. The van der Waals surface area contributed by atoms with E-state index in [9.17, 15) is 5.11 Å². The van der Waals surface area contributed by atoms with Crippen molar-refractivity contribution in [1.82, 2.24) is 5.32 Å². The molecule has 0 bridgehead atoms. The standard InChI is InChI=1S/C14H19NO/c16-14(11-5-6-11)9-15-13-8-7-10-3-1-2-4-12(10)13/h1-4,11,13-16H,5-9H2. The number of benzene rings is 1. The zero-order valence-electron chi connectivity index (χ0n) is 9.52. The Morgan fingerprint density at radius 1 is 1.25 bits per heavy atom. The molecule has 16 heavy (non-hydrogen) atoms. The normalized spacial score (nSPS) is 25.4. The molecular formula is C14H19NO. The van der Waals surface area contributed by atoms with Crippen LogP contribution in [-0.4, -0.2) is 17.8 Å². The van der Waals surface area contributed by atoms with Crippen molar-refractivity contribution in [2.24, 2.45) is 5.92 Å². The van der Waals surface area contributed by atoms with Crippen LogP contribution in [0.15, 0.2) is 24.3 Å². The second kappa shape index (κ2) is 4.19. The van der Waals surface area contributed by atoms with E-state index in [4.69, 9.17) is 0 Å². The molecule has 2 aliphatic carbocycles. The van der Waals surface area contributed by atoms with Gasteiger partial charge in [0, 0.05) is 12.6 Å². The summed E-state index contributed by atoms with van der Waals surface area (Å²) in [4.78, 5) is 0. The number of nitrogens with one attached hydrogen (secondary N) is 1. The molecule has 0 aliphatic heterocycles. The highest BCUT2D eigenvalue weighted by Gasteiger charge is 2.30. The monoisotopic (exact) mass is 217 g/mol. The second-order valence-electron chi connectivity index (χ2n) is 5.10. The molecule has 2 aliphatic rings. The van der Waals surface area contributed by atoms with Crippen molar-refractivity contribution in [3.8, 4) is 0 Å². The van der Waals surface area contributed by atoms with Crippen molar-refractivity contribution >= 4 is 0 Å². The molecule has 0 radical (unpaired) electrons. The van der Waals surface area contributed by atoms with Gasteiger partial charge >= 0.3 is 0 Å². The maximum absolute atomic E-state index is 9.83. The van der Waals surface area contributed by atoms with Gasteiger partial charge in [-0.25, -0.2) is 0 Å². The first kappa shape index (κ1) is 10.3. The van der Waals surface area contributed by atoms with Crippen LogP contribution in [0, 0.1) is 5.92 Å². The van der Waals surface area contributed by atoms with Crippen molar-refractivity contribution in [1.29, 1.82) is 0 Å². The molecule has 3 rings (SSSR count). The van der Waals surface area contributed by atoms with E-state index in [2.05, 4.69) is 29.6 Å². The topological polar surface area (TPSA) is 32.3 Å². The number of hydrogen-bond acceptors (Lipinski definition) is 2. The van der Waals surface area contributed by atoms with E-state index >= 15 is 0 Å². The molecular weight excluding hydrogens is 198 g/mol. The lowest BCUT2D eigenvalue weighted by Crippen LogP contribution is -2.30. The van der Waals surface area contributed by atoms with Crippen molar-refractivity contribution in [2.45, 2.75) is 37.8 Å². The Morgan fingerprint density at radius 2 is 2.06 bits per heavy atom. The van der Waals surface area contributed by atoms with Crippen molar-refractivity contribution in [2.75, 3.05) is 6.54 Å². The third kappa shape index (κ3) is 2.00. The van der Waals surface area contributed by atoms with E-state index in [1.807, 2.05) is 0 Å². The van der Waals surface area contributed by atoms with Gasteiger partial charge in [0.05, 0.1) is 6.10 Å². The van der Waals surface area contributed by atoms with Gasteiger partial charge in [0.1, 0.15) is 0 Å². The quantitative estimate of drug-likeness (QED) is 0.809. The zero-order chi connectivity index (χ0) is 11.0. The predicted molar refractivity (Wildman–Crippen MR) is 64.2 cm³/mol. The van der Waals surface area contributed by atoms with Crippen LogP contribution in [-0.2, 0) is 6.42 Å². The predicted octanol–water partition coefficient (Wildman–Crippen LogP) is 2.03. The Labute approximate surface area is 96.7 Å². The van der Waals surface area contributed by atoms with E-state index in [0.717, 1.165) is 6.54 Å². The fourth-order valence-electron chi connectivity index (χ4n) is 2.68. The maximum atomic E-state index is 9.83. The average molecular weight is 217 g/mol. The number of rotatable bonds is 4. The summed E-state index contributed by atoms with van der Waals surface area (Å²) in [6.45, 7) is 0.754. The van der Waals surface area contributed by atoms with Gasteiger partial charge in [-0.2, -0.15) is 0 Å². The van der Waals surface area contributed by atoms with E-state index < -0.39 is 0 Å². The molecule has 2 heteroatoms. The molecule has 2 atom stereocenters. The second-order valence-corrected chi connectivity index (χ2v) is 5.10. The zero-order valence-corrected chi connectivity index (χ0v) is 9.52. The van der Waals surface area contributed by atoms with E-state index in [1.165, 1.54) is 36.8 Å². The Hall–Kier alpha value is -0.860. The van der Waals surface area contributed by atoms with Crippen LogP contribution in [0.5, 0.6) is 0 Å². The molecule has 86 valence electrons. The number of aryl methyl sites for hydroxylation is 1. The summed E-state index contributed by atoms with van der Waals surface area (Å²) in [5.74, 6) is 0.573. The number of fused-ring (bicyclic) bond motifs is 1. The highest BCUT2D eigenvalue weighted by molar-refractivity contribution is 5.34. The van der Waals surface area contributed by atoms with Gasteiger partial charge in [-0.1, -0.05) is 24.3 Å². The molecule has 0 amide bonds. The molecule has 1 aromatic carbocycles. The number of hydrogen-bond donors (Lipinski definition) is 2. The Bertz CT molecular complexity index is 373. The highest BCUT2D eigenvalue weighted by Crippen LogP contribution is 2.34. The highest BCUT2D eigenvalue weighted by atomic mass is 16.3. The van der Waals surface area contributed by atoms with Crippen molar-refractivity contribution in [3.63, 3.8) is 0 Å². The SMILES string of the molecule is OC(CNC1CCc2ccccc21)C1CC1. The van der Waals surface area contributed by atoms with E-state index in [1.54, 1.807) is 0 Å². The summed E-state index contributed by atoms with van der Waals surface area (Å²) in [5, 5.41) is 13.3. The minimum absolute atomic E-state index is 0.132. The molecule has 0 aromatic heterocycles. The number of aliphatic hydroxyl groups excluding tert-OH is 1. The Kier molecular flexibility index (Phi) is 2.70. The lowest BCUT2D eigenvalue weighted by Gasteiger charge is -2.17. The van der Waals surface area contributed by atoms with Crippen LogP contribution in [0.4, 0.5) is 0 Å². The van der Waals surface area contributed by atoms with Gasteiger partial charge in [0.2, 0.25) is 0 Å². The van der Waals surface area contributed by atoms with Crippen molar-refractivity contribution < 1.29 is 5.11 Å². The molecule has 1 aromatic rings. The summed E-state index contributed by atoms with van der Waals surface area (Å²) in [5.41, 5.74) is 2.91. The van der Waals surface area contributed by atoms with Crippen LogP contribution in [0.3, 0.4) is 0 Å². The average Bonchev–Trinajstić information content (AvgIpc) is 3.08. The first-order valence-electron chi connectivity index (χ1n) is 6.34.